The van der Waals surface area contributed by atoms with Crippen molar-refractivity contribution in [2.75, 3.05) is 25.5 Å². The number of hydrogen-bond acceptors (Lipinski definition) is 5. The zero-order valence-corrected chi connectivity index (χ0v) is 19.2. The second-order valence-electron chi connectivity index (χ2n) is 8.72. The fourth-order valence-corrected chi connectivity index (χ4v) is 4.86. The number of nitrogens with zero attached hydrogens (tertiary/aromatic N) is 3. The highest BCUT2D eigenvalue weighted by Gasteiger charge is 2.26. The molecule has 7 heteroatoms. The standard InChI is InChI=1S/C26H30N6O/c1-17-26-21-8-7-19(18-9-12-28-13-10-18)15-22(21)24(11-14-32(26)31-30-17)29-23-6-4-3-5-20(23)16-25(33)27-2/h3-9,15,24,28-29H,10-14,16H2,1-2H3,(H,27,33). The van der Waals surface area contributed by atoms with E-state index in [0.29, 0.717) is 6.42 Å². The van der Waals surface area contributed by atoms with Crippen LogP contribution in [-0.4, -0.2) is 41.0 Å². The summed E-state index contributed by atoms with van der Waals surface area (Å²) in [5.74, 6) is 0.00693. The van der Waals surface area contributed by atoms with Crippen LogP contribution in [0.2, 0.25) is 0 Å². The summed E-state index contributed by atoms with van der Waals surface area (Å²) in [6, 6.07) is 15.0. The molecule has 5 rings (SSSR count). The zero-order valence-electron chi connectivity index (χ0n) is 19.2. The van der Waals surface area contributed by atoms with Gasteiger partial charge in [0.1, 0.15) is 0 Å². The Morgan fingerprint density at radius 3 is 2.94 bits per heavy atom. The number of fused-ring (bicyclic) bond motifs is 3. The molecule has 0 radical (unpaired) electrons. The molecule has 0 aliphatic carbocycles. The second kappa shape index (κ2) is 9.19. The van der Waals surface area contributed by atoms with Gasteiger partial charge in [0.2, 0.25) is 5.91 Å². The molecule has 2 aromatic carbocycles. The number of carbonyl (C=O) groups is 1. The summed E-state index contributed by atoms with van der Waals surface area (Å²) >= 11 is 0. The van der Waals surface area contributed by atoms with Crippen molar-refractivity contribution in [3.63, 3.8) is 0 Å². The maximum Gasteiger partial charge on any atom is 0.224 e. The quantitative estimate of drug-likeness (QED) is 0.564. The van der Waals surface area contributed by atoms with Gasteiger partial charge in [-0.3, -0.25) is 4.79 Å². The van der Waals surface area contributed by atoms with Crippen molar-refractivity contribution >= 4 is 17.2 Å². The van der Waals surface area contributed by atoms with E-state index in [-0.39, 0.29) is 11.9 Å². The lowest BCUT2D eigenvalue weighted by Crippen LogP contribution is -2.21. The summed E-state index contributed by atoms with van der Waals surface area (Å²) < 4.78 is 2.02. The SMILES string of the molecule is CNC(=O)Cc1ccccc1NC1CCn2nnc(C)c2-c2ccc(C3=CCNCC3)cc21. The van der Waals surface area contributed by atoms with Gasteiger partial charge in [0.15, 0.2) is 0 Å². The average molecular weight is 443 g/mol. The van der Waals surface area contributed by atoms with Crippen LogP contribution in [0, 0.1) is 6.92 Å². The van der Waals surface area contributed by atoms with Gasteiger partial charge >= 0.3 is 0 Å². The van der Waals surface area contributed by atoms with E-state index in [1.54, 1.807) is 7.05 Å². The van der Waals surface area contributed by atoms with Crippen molar-refractivity contribution < 1.29 is 4.79 Å². The number of carbonyl (C=O) groups excluding carboxylic acids is 1. The summed E-state index contributed by atoms with van der Waals surface area (Å²) in [5.41, 5.74) is 9.14. The molecule has 0 fully saturated rings. The van der Waals surface area contributed by atoms with Crippen LogP contribution in [0.3, 0.4) is 0 Å². The third-order valence-corrected chi connectivity index (χ3v) is 6.63. The molecule has 3 heterocycles. The molecule has 2 aliphatic heterocycles. The Hall–Kier alpha value is -3.45. The Kier molecular flexibility index (Phi) is 5.96. The first kappa shape index (κ1) is 21.4. The summed E-state index contributed by atoms with van der Waals surface area (Å²) in [4.78, 5) is 12.1. The van der Waals surface area contributed by atoms with E-state index in [9.17, 15) is 4.79 Å². The van der Waals surface area contributed by atoms with Crippen LogP contribution in [0.5, 0.6) is 0 Å². The van der Waals surface area contributed by atoms with Gasteiger partial charge in [-0.1, -0.05) is 41.6 Å². The Bertz CT molecular complexity index is 1210. The molecular weight excluding hydrogens is 412 g/mol. The molecule has 0 bridgehead atoms. The minimum atomic E-state index is 0.00693. The van der Waals surface area contributed by atoms with E-state index in [1.165, 1.54) is 22.3 Å². The van der Waals surface area contributed by atoms with Crippen molar-refractivity contribution in [3.05, 3.63) is 70.9 Å². The number of anilines is 1. The molecule has 1 unspecified atom stereocenters. The molecule has 0 spiro atoms. The first-order valence-corrected chi connectivity index (χ1v) is 11.6. The van der Waals surface area contributed by atoms with Crippen molar-refractivity contribution in [2.24, 2.45) is 0 Å². The highest BCUT2D eigenvalue weighted by Crippen LogP contribution is 2.39. The molecule has 1 amide bonds. The van der Waals surface area contributed by atoms with Crippen LogP contribution in [0.25, 0.3) is 16.8 Å². The van der Waals surface area contributed by atoms with Crippen molar-refractivity contribution in [1.82, 2.24) is 25.6 Å². The number of aromatic nitrogens is 3. The predicted octanol–water partition coefficient (Wildman–Crippen LogP) is 3.48. The first-order chi connectivity index (χ1) is 16.1. The van der Waals surface area contributed by atoms with E-state index in [1.807, 2.05) is 29.8 Å². The van der Waals surface area contributed by atoms with Gasteiger partial charge in [-0.2, -0.15) is 0 Å². The third kappa shape index (κ3) is 4.28. The lowest BCUT2D eigenvalue weighted by molar-refractivity contribution is -0.119. The van der Waals surface area contributed by atoms with E-state index in [0.717, 1.165) is 55.1 Å². The topological polar surface area (TPSA) is 83.9 Å². The lowest BCUT2D eigenvalue weighted by atomic mass is 9.90. The molecule has 170 valence electrons. The van der Waals surface area contributed by atoms with Crippen LogP contribution in [-0.2, 0) is 17.8 Å². The second-order valence-corrected chi connectivity index (χ2v) is 8.72. The number of rotatable bonds is 5. The molecule has 0 saturated heterocycles. The number of hydrogen-bond donors (Lipinski definition) is 3. The molecule has 2 aliphatic rings. The maximum atomic E-state index is 12.1. The predicted molar refractivity (Wildman–Crippen MR) is 131 cm³/mol. The average Bonchev–Trinajstić information content (AvgIpc) is 3.14. The minimum Gasteiger partial charge on any atom is -0.378 e. The minimum absolute atomic E-state index is 0.00693. The van der Waals surface area contributed by atoms with E-state index in [2.05, 4.69) is 56.6 Å². The molecule has 7 nitrogen and oxygen atoms in total. The van der Waals surface area contributed by atoms with Gasteiger partial charge in [0.25, 0.3) is 0 Å². The fourth-order valence-electron chi connectivity index (χ4n) is 4.86. The smallest absolute Gasteiger partial charge is 0.224 e. The van der Waals surface area contributed by atoms with Gasteiger partial charge in [-0.05, 0) is 60.7 Å². The Balaban J connectivity index is 1.57. The highest BCUT2D eigenvalue weighted by molar-refractivity contribution is 5.80. The fraction of sp³-hybridized carbons (Fsp3) is 0.346. The van der Waals surface area contributed by atoms with E-state index >= 15 is 0 Å². The molecule has 3 aromatic rings. The molecule has 3 N–H and O–H groups in total. The number of likely N-dealkylation sites (N-methyl/N-ethyl adjacent to an activating group) is 1. The maximum absolute atomic E-state index is 12.1. The van der Waals surface area contributed by atoms with Gasteiger partial charge in [-0.25, -0.2) is 4.68 Å². The van der Waals surface area contributed by atoms with Crippen LogP contribution in [0.15, 0.2) is 48.5 Å². The third-order valence-electron chi connectivity index (χ3n) is 6.63. The normalized spacial score (nSPS) is 17.4. The number of aryl methyl sites for hydroxylation is 2. The van der Waals surface area contributed by atoms with E-state index in [4.69, 9.17) is 0 Å². The van der Waals surface area contributed by atoms with Crippen LogP contribution >= 0.6 is 0 Å². The lowest BCUT2D eigenvalue weighted by Gasteiger charge is -2.24. The number of benzene rings is 2. The van der Waals surface area contributed by atoms with Gasteiger partial charge < -0.3 is 16.0 Å². The summed E-state index contributed by atoms with van der Waals surface area (Å²) in [6.07, 6.45) is 4.55. The van der Waals surface area contributed by atoms with Gasteiger partial charge in [-0.15, -0.1) is 5.10 Å². The largest absolute Gasteiger partial charge is 0.378 e. The number of para-hydroxylation sites is 1. The first-order valence-electron chi connectivity index (χ1n) is 11.6. The molecule has 1 atom stereocenters. The van der Waals surface area contributed by atoms with Crippen molar-refractivity contribution in [3.8, 4) is 11.3 Å². The summed E-state index contributed by atoms with van der Waals surface area (Å²) in [7, 11) is 1.68. The molecule has 1 aromatic heterocycles. The van der Waals surface area contributed by atoms with Gasteiger partial charge in [0, 0.05) is 31.4 Å². The van der Waals surface area contributed by atoms with Crippen LogP contribution in [0.4, 0.5) is 5.69 Å². The van der Waals surface area contributed by atoms with Crippen LogP contribution < -0.4 is 16.0 Å². The molecule has 33 heavy (non-hydrogen) atoms. The van der Waals surface area contributed by atoms with Crippen LogP contribution in [0.1, 0.15) is 41.3 Å². The van der Waals surface area contributed by atoms with Crippen molar-refractivity contribution in [1.29, 1.82) is 0 Å². The van der Waals surface area contributed by atoms with Gasteiger partial charge in [0.05, 0.1) is 23.9 Å². The van der Waals surface area contributed by atoms with Crippen molar-refractivity contribution in [2.45, 2.75) is 38.8 Å². The highest BCUT2D eigenvalue weighted by atomic mass is 16.1. The Labute approximate surface area is 194 Å². The molecular formula is C26H30N6O. The monoisotopic (exact) mass is 442 g/mol. The zero-order chi connectivity index (χ0) is 22.8. The summed E-state index contributed by atoms with van der Waals surface area (Å²) in [6.45, 7) is 4.73. The Morgan fingerprint density at radius 2 is 2.12 bits per heavy atom. The molecule has 0 saturated carbocycles. The number of nitrogens with one attached hydrogen (secondary N) is 3. The number of amides is 1. The Morgan fingerprint density at radius 1 is 1.24 bits per heavy atom. The summed E-state index contributed by atoms with van der Waals surface area (Å²) in [5, 5.41) is 18.7. The van der Waals surface area contributed by atoms with E-state index < -0.39 is 0 Å².